The van der Waals surface area contributed by atoms with E-state index in [1.807, 2.05) is 0 Å². The maximum Gasteiger partial charge on any atom is 0.224 e. The van der Waals surface area contributed by atoms with Crippen LogP contribution in [0.4, 0.5) is 0 Å². The van der Waals surface area contributed by atoms with Gasteiger partial charge in [-0.15, -0.1) is 0 Å². The monoisotopic (exact) mass is 400 g/mol. The van der Waals surface area contributed by atoms with E-state index < -0.39 is 5.60 Å². The lowest BCUT2D eigenvalue weighted by Gasteiger charge is -2.29. The topological polar surface area (TPSA) is 95.0 Å². The van der Waals surface area contributed by atoms with E-state index in [9.17, 15) is 9.90 Å². The third-order valence-electron chi connectivity index (χ3n) is 6.24. The molecule has 0 spiro atoms. The highest BCUT2D eigenvalue weighted by atomic mass is 16.7. The first kappa shape index (κ1) is 20.5. The lowest BCUT2D eigenvalue weighted by atomic mass is 9.87. The first-order chi connectivity index (χ1) is 13.8. The summed E-state index contributed by atoms with van der Waals surface area (Å²) in [6, 6.07) is 6.51. The van der Waals surface area contributed by atoms with Crippen LogP contribution in [0.2, 0.25) is 0 Å². The zero-order chi connectivity index (χ0) is 20.6. The van der Waals surface area contributed by atoms with Gasteiger partial charge in [0.1, 0.15) is 12.4 Å². The van der Waals surface area contributed by atoms with Crippen molar-refractivity contribution in [2.75, 3.05) is 6.54 Å². The van der Waals surface area contributed by atoms with Gasteiger partial charge in [0.05, 0.1) is 11.6 Å². The number of amides is 1. The van der Waals surface area contributed by atoms with Crippen molar-refractivity contribution in [2.24, 2.45) is 10.9 Å². The van der Waals surface area contributed by atoms with E-state index in [1.54, 1.807) is 13.8 Å². The molecule has 0 saturated carbocycles. The first-order valence-corrected chi connectivity index (χ1v) is 10.7. The largest absolute Gasteiger partial charge is 0.385 e. The van der Waals surface area contributed by atoms with Gasteiger partial charge in [-0.3, -0.25) is 19.9 Å². The van der Waals surface area contributed by atoms with Crippen molar-refractivity contribution in [3.63, 3.8) is 0 Å². The Bertz CT molecular complexity index is 802. The van der Waals surface area contributed by atoms with Crippen molar-refractivity contribution in [3.05, 3.63) is 34.9 Å². The van der Waals surface area contributed by atoms with E-state index in [4.69, 9.17) is 4.84 Å². The molecule has 2 heterocycles. The number of aliphatic hydroxyl groups is 1. The lowest BCUT2D eigenvalue weighted by Crippen LogP contribution is -2.41. The SMILES string of the molecule is CCC1NC(c2ccc3c(c2)CC[C@H]3NC(=O)C2CCN=C(C(C)(C)O)C2)NO1. The number of rotatable bonds is 5. The fraction of sp³-hybridized carbons (Fsp3) is 0.636. The summed E-state index contributed by atoms with van der Waals surface area (Å²) in [6.07, 6.45) is 4.09. The van der Waals surface area contributed by atoms with Crippen molar-refractivity contribution in [1.29, 1.82) is 0 Å². The molecule has 4 rings (SSSR count). The van der Waals surface area contributed by atoms with Crippen molar-refractivity contribution < 1.29 is 14.7 Å². The number of hydrogen-bond donors (Lipinski definition) is 4. The number of carbonyl (C=O) groups is 1. The summed E-state index contributed by atoms with van der Waals surface area (Å²) in [6.45, 7) is 6.15. The lowest BCUT2D eigenvalue weighted by molar-refractivity contribution is -0.125. The minimum absolute atomic E-state index is 0.000624. The molecule has 1 fully saturated rings. The molecule has 4 atom stereocenters. The van der Waals surface area contributed by atoms with Crippen LogP contribution in [-0.2, 0) is 16.1 Å². The predicted octanol–water partition coefficient (Wildman–Crippen LogP) is 2.27. The third-order valence-corrected chi connectivity index (χ3v) is 6.24. The summed E-state index contributed by atoms with van der Waals surface area (Å²) in [7, 11) is 0. The minimum atomic E-state index is -0.960. The van der Waals surface area contributed by atoms with Crippen molar-refractivity contribution >= 4 is 11.6 Å². The summed E-state index contributed by atoms with van der Waals surface area (Å²) in [4.78, 5) is 22.8. The number of hydrogen-bond acceptors (Lipinski definition) is 6. The molecule has 0 aromatic heterocycles. The molecule has 1 amide bonds. The fourth-order valence-corrected chi connectivity index (χ4v) is 4.45. The van der Waals surface area contributed by atoms with Gasteiger partial charge in [0.15, 0.2) is 0 Å². The van der Waals surface area contributed by atoms with Crippen LogP contribution in [0.3, 0.4) is 0 Å². The normalized spacial score (nSPS) is 29.4. The maximum absolute atomic E-state index is 12.9. The molecule has 4 N–H and O–H groups in total. The van der Waals surface area contributed by atoms with Gasteiger partial charge in [0.25, 0.3) is 0 Å². The van der Waals surface area contributed by atoms with Gasteiger partial charge in [-0.05, 0) is 62.6 Å². The smallest absolute Gasteiger partial charge is 0.224 e. The van der Waals surface area contributed by atoms with Gasteiger partial charge in [-0.25, -0.2) is 0 Å². The van der Waals surface area contributed by atoms with Crippen LogP contribution in [0.15, 0.2) is 23.2 Å². The van der Waals surface area contributed by atoms with E-state index in [0.29, 0.717) is 13.0 Å². The summed E-state index contributed by atoms with van der Waals surface area (Å²) in [5, 5.41) is 16.9. The predicted molar refractivity (Wildman–Crippen MR) is 111 cm³/mol. The fourth-order valence-electron chi connectivity index (χ4n) is 4.45. The summed E-state index contributed by atoms with van der Waals surface area (Å²) in [5.41, 5.74) is 6.48. The van der Waals surface area contributed by atoms with Crippen LogP contribution in [0.25, 0.3) is 0 Å². The molecule has 29 heavy (non-hydrogen) atoms. The van der Waals surface area contributed by atoms with Crippen LogP contribution >= 0.6 is 0 Å². The van der Waals surface area contributed by atoms with E-state index in [2.05, 4.69) is 46.2 Å². The molecule has 0 bridgehead atoms. The molecule has 3 aliphatic rings. The number of aliphatic imine (C=N–C) groups is 1. The van der Waals surface area contributed by atoms with Gasteiger partial charge < -0.3 is 10.4 Å². The maximum atomic E-state index is 12.9. The first-order valence-electron chi connectivity index (χ1n) is 10.7. The third kappa shape index (κ3) is 4.38. The summed E-state index contributed by atoms with van der Waals surface area (Å²) < 4.78 is 0. The number of aryl methyl sites for hydroxylation is 1. The molecule has 1 aliphatic carbocycles. The zero-order valence-electron chi connectivity index (χ0n) is 17.5. The van der Waals surface area contributed by atoms with Gasteiger partial charge in [-0.2, -0.15) is 5.48 Å². The summed E-state index contributed by atoms with van der Waals surface area (Å²) >= 11 is 0. The number of benzene rings is 1. The molecule has 3 unspecified atom stereocenters. The molecule has 1 aromatic rings. The van der Waals surface area contributed by atoms with Crippen LogP contribution in [0, 0.1) is 5.92 Å². The Morgan fingerprint density at radius 2 is 2.21 bits per heavy atom. The molecule has 7 heteroatoms. The average molecular weight is 401 g/mol. The Kier molecular flexibility index (Phi) is 5.75. The van der Waals surface area contributed by atoms with Crippen molar-refractivity contribution in [2.45, 2.75) is 76.9 Å². The van der Waals surface area contributed by atoms with Crippen LogP contribution in [-0.4, -0.2) is 35.1 Å². The van der Waals surface area contributed by atoms with E-state index in [-0.39, 0.29) is 30.3 Å². The van der Waals surface area contributed by atoms with Crippen LogP contribution in [0.1, 0.15) is 75.4 Å². The quantitative estimate of drug-likeness (QED) is 0.608. The van der Waals surface area contributed by atoms with Gasteiger partial charge in [0, 0.05) is 18.2 Å². The van der Waals surface area contributed by atoms with Gasteiger partial charge >= 0.3 is 0 Å². The van der Waals surface area contributed by atoms with E-state index in [1.165, 1.54) is 11.1 Å². The second kappa shape index (κ2) is 8.14. The Hall–Kier alpha value is -1.80. The molecule has 158 valence electrons. The van der Waals surface area contributed by atoms with E-state index in [0.717, 1.165) is 37.0 Å². The Balaban J connectivity index is 1.40. The van der Waals surface area contributed by atoms with Gasteiger partial charge in [-0.1, -0.05) is 25.1 Å². The van der Waals surface area contributed by atoms with Gasteiger partial charge in [0.2, 0.25) is 5.91 Å². The van der Waals surface area contributed by atoms with Crippen molar-refractivity contribution in [3.8, 4) is 0 Å². The standard InChI is InChI=1S/C22H32N4O3/c1-4-19-25-20(26-29-19)14-5-7-16-13(11-14)6-8-17(16)24-21(27)15-9-10-23-18(12-15)22(2,3)28/h5,7,11,15,17,19-20,25-26,28H,4,6,8-10,12H2,1-3H3,(H,24,27)/t15?,17-,19?,20?/m1/s1. The highest BCUT2D eigenvalue weighted by molar-refractivity contribution is 5.96. The zero-order valence-corrected chi connectivity index (χ0v) is 17.5. The highest BCUT2D eigenvalue weighted by Gasteiger charge is 2.33. The number of nitrogens with zero attached hydrogens (tertiary/aromatic N) is 1. The molecule has 1 aromatic carbocycles. The summed E-state index contributed by atoms with van der Waals surface area (Å²) in [5.74, 6) is -0.0471. The second-order valence-electron chi connectivity index (χ2n) is 8.87. The Labute approximate surface area is 172 Å². The van der Waals surface area contributed by atoms with Crippen molar-refractivity contribution in [1.82, 2.24) is 16.1 Å². The Morgan fingerprint density at radius 1 is 1.38 bits per heavy atom. The molecule has 1 saturated heterocycles. The number of hydroxylamine groups is 1. The average Bonchev–Trinajstić information content (AvgIpc) is 3.34. The second-order valence-corrected chi connectivity index (χ2v) is 8.87. The number of fused-ring (bicyclic) bond motifs is 1. The number of carbonyl (C=O) groups excluding carboxylic acids is 1. The number of nitrogens with one attached hydrogen (secondary N) is 3. The van der Waals surface area contributed by atoms with Crippen LogP contribution < -0.4 is 16.1 Å². The minimum Gasteiger partial charge on any atom is -0.385 e. The molecular formula is C22H32N4O3. The molecular weight excluding hydrogens is 368 g/mol. The van der Waals surface area contributed by atoms with Crippen LogP contribution in [0.5, 0.6) is 0 Å². The van der Waals surface area contributed by atoms with E-state index >= 15 is 0 Å². The Morgan fingerprint density at radius 3 is 2.93 bits per heavy atom. The molecule has 2 aliphatic heterocycles. The molecule has 7 nitrogen and oxygen atoms in total. The molecule has 0 radical (unpaired) electrons. The highest BCUT2D eigenvalue weighted by Crippen LogP contribution is 2.34.